The summed E-state index contributed by atoms with van der Waals surface area (Å²) in [5.41, 5.74) is 7.81. The summed E-state index contributed by atoms with van der Waals surface area (Å²) in [6.07, 6.45) is 2.69. The maximum Gasteiger partial charge on any atom is 0.243 e. The Labute approximate surface area is 96.9 Å². The van der Waals surface area contributed by atoms with Crippen LogP contribution in [0.25, 0.3) is 0 Å². The Bertz CT molecular complexity index is 326. The number of aromatic nitrogens is 3. The molecule has 1 unspecified atom stereocenters. The van der Waals surface area contributed by atoms with E-state index in [-0.39, 0.29) is 6.04 Å². The molecule has 3 N–H and O–H groups in total. The van der Waals surface area contributed by atoms with Gasteiger partial charge in [0.2, 0.25) is 5.95 Å². The second-order valence-electron chi connectivity index (χ2n) is 3.79. The smallest absolute Gasteiger partial charge is 0.243 e. The van der Waals surface area contributed by atoms with Gasteiger partial charge in [-0.25, -0.2) is 4.98 Å². The van der Waals surface area contributed by atoms with Gasteiger partial charge in [0.1, 0.15) is 0 Å². The summed E-state index contributed by atoms with van der Waals surface area (Å²) in [7, 11) is 0. The molecular weight excluding hydrogens is 202 g/mol. The SMILES string of the molecule is CCc1nnc(NCC(N)CC)nc1CC. The molecule has 0 radical (unpaired) electrons. The topological polar surface area (TPSA) is 76.7 Å². The zero-order valence-electron chi connectivity index (χ0n) is 10.3. The van der Waals surface area contributed by atoms with Crippen molar-refractivity contribution in [1.82, 2.24) is 15.2 Å². The largest absolute Gasteiger partial charge is 0.351 e. The van der Waals surface area contributed by atoms with Gasteiger partial charge in [-0.15, -0.1) is 5.10 Å². The van der Waals surface area contributed by atoms with Gasteiger partial charge >= 0.3 is 0 Å². The third-order valence-electron chi connectivity index (χ3n) is 2.56. The third kappa shape index (κ3) is 3.41. The van der Waals surface area contributed by atoms with Crippen molar-refractivity contribution in [3.05, 3.63) is 11.4 Å². The van der Waals surface area contributed by atoms with Crippen molar-refractivity contribution in [2.45, 2.75) is 46.1 Å². The minimum absolute atomic E-state index is 0.138. The Morgan fingerprint density at radius 3 is 2.38 bits per heavy atom. The number of hydrogen-bond donors (Lipinski definition) is 2. The molecule has 0 saturated carbocycles. The van der Waals surface area contributed by atoms with Gasteiger partial charge in [0, 0.05) is 12.6 Å². The van der Waals surface area contributed by atoms with Gasteiger partial charge in [-0.3, -0.25) is 0 Å². The predicted octanol–water partition coefficient (Wildman–Crippen LogP) is 1.15. The zero-order chi connectivity index (χ0) is 12.0. The summed E-state index contributed by atoms with van der Waals surface area (Å²) in [6, 6.07) is 0.138. The maximum atomic E-state index is 5.81. The molecule has 1 heterocycles. The van der Waals surface area contributed by atoms with Crippen molar-refractivity contribution in [2.24, 2.45) is 5.73 Å². The first kappa shape index (κ1) is 12.8. The minimum Gasteiger partial charge on any atom is -0.351 e. The van der Waals surface area contributed by atoms with Crippen molar-refractivity contribution >= 4 is 5.95 Å². The highest BCUT2D eigenvalue weighted by atomic mass is 15.2. The molecule has 90 valence electrons. The number of nitrogens with zero attached hydrogens (tertiary/aromatic N) is 3. The molecule has 0 aliphatic heterocycles. The molecule has 16 heavy (non-hydrogen) atoms. The number of hydrogen-bond acceptors (Lipinski definition) is 5. The third-order valence-corrected chi connectivity index (χ3v) is 2.56. The predicted molar refractivity (Wildman–Crippen MR) is 65.3 cm³/mol. The normalized spacial score (nSPS) is 12.5. The lowest BCUT2D eigenvalue weighted by molar-refractivity contribution is 0.672. The number of nitrogens with one attached hydrogen (secondary N) is 1. The molecule has 0 saturated heterocycles. The van der Waals surface area contributed by atoms with E-state index in [2.05, 4.69) is 41.3 Å². The lowest BCUT2D eigenvalue weighted by atomic mass is 10.2. The number of rotatable bonds is 6. The number of aryl methyl sites for hydroxylation is 2. The van der Waals surface area contributed by atoms with Crippen molar-refractivity contribution in [3.8, 4) is 0 Å². The Morgan fingerprint density at radius 1 is 1.12 bits per heavy atom. The molecule has 1 rings (SSSR count). The van der Waals surface area contributed by atoms with Gasteiger partial charge in [-0.1, -0.05) is 20.8 Å². The highest BCUT2D eigenvalue weighted by Crippen LogP contribution is 2.06. The van der Waals surface area contributed by atoms with Crippen molar-refractivity contribution in [2.75, 3.05) is 11.9 Å². The second kappa shape index (κ2) is 6.37. The average molecular weight is 223 g/mol. The molecule has 0 spiro atoms. The molecule has 1 aromatic rings. The summed E-state index contributed by atoms with van der Waals surface area (Å²) < 4.78 is 0. The van der Waals surface area contributed by atoms with Crippen LogP contribution >= 0.6 is 0 Å². The number of anilines is 1. The van der Waals surface area contributed by atoms with E-state index in [0.717, 1.165) is 30.7 Å². The van der Waals surface area contributed by atoms with Crippen LogP contribution in [0.4, 0.5) is 5.95 Å². The van der Waals surface area contributed by atoms with Gasteiger partial charge in [-0.05, 0) is 19.3 Å². The van der Waals surface area contributed by atoms with Crippen LogP contribution in [-0.2, 0) is 12.8 Å². The van der Waals surface area contributed by atoms with Gasteiger partial charge in [-0.2, -0.15) is 5.10 Å². The summed E-state index contributed by atoms with van der Waals surface area (Å²) in [6.45, 7) is 6.88. The van der Waals surface area contributed by atoms with Crippen LogP contribution in [0.5, 0.6) is 0 Å². The van der Waals surface area contributed by atoms with Crippen LogP contribution in [0.15, 0.2) is 0 Å². The molecule has 0 aliphatic carbocycles. The van der Waals surface area contributed by atoms with E-state index in [9.17, 15) is 0 Å². The van der Waals surface area contributed by atoms with Gasteiger partial charge in [0.15, 0.2) is 0 Å². The molecule has 0 amide bonds. The Morgan fingerprint density at radius 2 is 1.81 bits per heavy atom. The first-order chi connectivity index (χ1) is 7.71. The Balaban J connectivity index is 2.67. The molecule has 0 aromatic carbocycles. The van der Waals surface area contributed by atoms with E-state index in [1.165, 1.54) is 0 Å². The van der Waals surface area contributed by atoms with Gasteiger partial charge in [0.05, 0.1) is 11.4 Å². The van der Waals surface area contributed by atoms with Gasteiger partial charge < -0.3 is 11.1 Å². The first-order valence-electron chi connectivity index (χ1n) is 5.93. The van der Waals surface area contributed by atoms with Gasteiger partial charge in [0.25, 0.3) is 0 Å². The summed E-state index contributed by atoms with van der Waals surface area (Å²) >= 11 is 0. The molecule has 1 aromatic heterocycles. The highest BCUT2D eigenvalue weighted by Gasteiger charge is 2.06. The van der Waals surface area contributed by atoms with Crippen LogP contribution < -0.4 is 11.1 Å². The van der Waals surface area contributed by atoms with Crippen LogP contribution in [0.2, 0.25) is 0 Å². The van der Waals surface area contributed by atoms with E-state index in [4.69, 9.17) is 5.73 Å². The molecule has 5 heteroatoms. The lowest BCUT2D eigenvalue weighted by Gasteiger charge is -2.11. The zero-order valence-corrected chi connectivity index (χ0v) is 10.3. The van der Waals surface area contributed by atoms with Crippen LogP contribution in [0.3, 0.4) is 0 Å². The molecule has 0 fully saturated rings. The molecule has 0 bridgehead atoms. The van der Waals surface area contributed by atoms with E-state index >= 15 is 0 Å². The summed E-state index contributed by atoms with van der Waals surface area (Å²) in [5.74, 6) is 0.581. The Kier molecular flexibility index (Phi) is 5.11. The summed E-state index contributed by atoms with van der Waals surface area (Å²) in [5, 5.41) is 11.3. The highest BCUT2D eigenvalue weighted by molar-refractivity contribution is 5.25. The van der Waals surface area contributed by atoms with Crippen molar-refractivity contribution in [1.29, 1.82) is 0 Å². The second-order valence-corrected chi connectivity index (χ2v) is 3.79. The van der Waals surface area contributed by atoms with Crippen LogP contribution in [0.1, 0.15) is 38.6 Å². The first-order valence-corrected chi connectivity index (χ1v) is 5.93. The maximum absolute atomic E-state index is 5.81. The lowest BCUT2D eigenvalue weighted by Crippen LogP contribution is -2.28. The fraction of sp³-hybridized carbons (Fsp3) is 0.727. The van der Waals surface area contributed by atoms with E-state index < -0.39 is 0 Å². The monoisotopic (exact) mass is 223 g/mol. The minimum atomic E-state index is 0.138. The summed E-state index contributed by atoms with van der Waals surface area (Å²) in [4.78, 5) is 4.43. The molecule has 1 atom stereocenters. The number of nitrogens with two attached hydrogens (primary N) is 1. The fourth-order valence-corrected chi connectivity index (χ4v) is 1.38. The van der Waals surface area contributed by atoms with E-state index in [0.29, 0.717) is 12.5 Å². The van der Waals surface area contributed by atoms with Crippen LogP contribution in [0, 0.1) is 0 Å². The molecular formula is C11H21N5. The quantitative estimate of drug-likeness (QED) is 0.756. The van der Waals surface area contributed by atoms with Crippen molar-refractivity contribution in [3.63, 3.8) is 0 Å². The fourth-order valence-electron chi connectivity index (χ4n) is 1.38. The molecule has 0 aliphatic rings. The standard InChI is InChI=1S/C11H21N5/c1-4-8(12)7-13-11-14-9(5-2)10(6-3)15-16-11/h8H,4-7,12H2,1-3H3,(H,13,14,16). The Hall–Kier alpha value is -1.23. The average Bonchev–Trinajstić information content (AvgIpc) is 2.35. The van der Waals surface area contributed by atoms with E-state index in [1.54, 1.807) is 0 Å². The van der Waals surface area contributed by atoms with Crippen LogP contribution in [-0.4, -0.2) is 27.8 Å². The molecule has 5 nitrogen and oxygen atoms in total. The van der Waals surface area contributed by atoms with Crippen molar-refractivity contribution < 1.29 is 0 Å². The van der Waals surface area contributed by atoms with E-state index in [1.807, 2.05) is 0 Å².